The molecule has 0 aliphatic rings. The lowest BCUT2D eigenvalue weighted by Crippen LogP contribution is -2.41. The number of benzene rings is 3. The summed E-state index contributed by atoms with van der Waals surface area (Å²) in [6, 6.07) is 19.0. The maximum absolute atomic E-state index is 13.6. The molecule has 3 aromatic rings. The minimum Gasteiger partial charge on any atom is -0.494 e. The number of nitrogens with zero attached hydrogens (tertiary/aromatic N) is 1. The van der Waals surface area contributed by atoms with E-state index in [4.69, 9.17) is 16.3 Å². The standard InChI is InChI=1S/C27H31ClN2O4S/c1-4-5-17-34-23-13-11-22(12-14-23)18-29-27(31)19-30(26-8-6-7-25(28)21(26)3)35(32,33)24-15-9-20(2)10-16-24/h6-16H,4-5,17-19H2,1-3H3,(H,29,31). The van der Waals surface area contributed by atoms with E-state index in [2.05, 4.69) is 12.2 Å². The van der Waals surface area contributed by atoms with Crippen LogP contribution in [0.2, 0.25) is 5.02 Å². The van der Waals surface area contributed by atoms with Crippen LogP contribution in [0.25, 0.3) is 0 Å². The van der Waals surface area contributed by atoms with Crippen molar-refractivity contribution in [2.24, 2.45) is 0 Å². The van der Waals surface area contributed by atoms with Crippen molar-refractivity contribution in [1.82, 2.24) is 5.32 Å². The van der Waals surface area contributed by atoms with Gasteiger partial charge in [0.2, 0.25) is 5.91 Å². The highest BCUT2D eigenvalue weighted by atomic mass is 35.5. The second kappa shape index (κ2) is 12.1. The van der Waals surface area contributed by atoms with Gasteiger partial charge in [-0.3, -0.25) is 9.10 Å². The Morgan fingerprint density at radius 1 is 1.00 bits per heavy atom. The second-order valence-corrected chi connectivity index (χ2v) is 10.6. The fourth-order valence-corrected chi connectivity index (χ4v) is 5.08. The van der Waals surface area contributed by atoms with Crippen LogP contribution in [-0.2, 0) is 21.4 Å². The Bertz CT molecular complexity index is 1240. The van der Waals surface area contributed by atoms with Crippen molar-refractivity contribution in [3.8, 4) is 5.75 Å². The number of ether oxygens (including phenoxy) is 1. The largest absolute Gasteiger partial charge is 0.494 e. The van der Waals surface area contributed by atoms with Gasteiger partial charge in [0.05, 0.1) is 17.2 Å². The number of hydrogen-bond donors (Lipinski definition) is 1. The van der Waals surface area contributed by atoms with E-state index in [1.165, 1.54) is 0 Å². The highest BCUT2D eigenvalue weighted by Crippen LogP contribution is 2.30. The number of unbranched alkanes of at least 4 members (excludes halogenated alkanes) is 1. The number of carbonyl (C=O) groups is 1. The molecule has 0 spiro atoms. The van der Waals surface area contributed by atoms with Crippen LogP contribution in [0.5, 0.6) is 5.75 Å². The summed E-state index contributed by atoms with van der Waals surface area (Å²) in [5.41, 5.74) is 2.76. The van der Waals surface area contributed by atoms with Gasteiger partial charge in [0.25, 0.3) is 10.0 Å². The fraction of sp³-hybridized carbons (Fsp3) is 0.296. The van der Waals surface area contributed by atoms with Crippen LogP contribution < -0.4 is 14.4 Å². The van der Waals surface area contributed by atoms with Crippen LogP contribution in [-0.4, -0.2) is 27.5 Å². The molecule has 0 aliphatic carbocycles. The predicted molar refractivity (Wildman–Crippen MR) is 141 cm³/mol. The van der Waals surface area contributed by atoms with Crippen molar-refractivity contribution < 1.29 is 17.9 Å². The average Bonchev–Trinajstić information content (AvgIpc) is 2.84. The number of sulfonamides is 1. The first-order valence-electron chi connectivity index (χ1n) is 11.6. The molecule has 0 atom stereocenters. The SMILES string of the molecule is CCCCOc1ccc(CNC(=O)CN(c2cccc(Cl)c2C)S(=O)(=O)c2ccc(C)cc2)cc1. The summed E-state index contributed by atoms with van der Waals surface area (Å²) in [5.74, 6) is 0.351. The molecule has 0 saturated heterocycles. The predicted octanol–water partition coefficient (Wildman–Crippen LogP) is 5.65. The minimum absolute atomic E-state index is 0.105. The van der Waals surface area contributed by atoms with E-state index in [1.54, 1.807) is 49.4 Å². The number of aryl methyl sites for hydroxylation is 1. The van der Waals surface area contributed by atoms with Crippen LogP contribution in [0.4, 0.5) is 5.69 Å². The summed E-state index contributed by atoms with van der Waals surface area (Å²) >= 11 is 6.27. The molecule has 0 radical (unpaired) electrons. The molecule has 1 N–H and O–H groups in total. The smallest absolute Gasteiger partial charge is 0.264 e. The van der Waals surface area contributed by atoms with Crippen molar-refractivity contribution in [3.63, 3.8) is 0 Å². The molecule has 0 aromatic heterocycles. The molecular weight excluding hydrogens is 484 g/mol. The lowest BCUT2D eigenvalue weighted by Gasteiger charge is -2.26. The van der Waals surface area contributed by atoms with Crippen LogP contribution in [0.15, 0.2) is 71.6 Å². The highest BCUT2D eigenvalue weighted by molar-refractivity contribution is 7.92. The lowest BCUT2D eigenvalue weighted by atomic mass is 10.2. The molecule has 0 unspecified atom stereocenters. The molecule has 3 rings (SSSR count). The van der Waals surface area contributed by atoms with E-state index in [1.807, 2.05) is 31.2 Å². The Morgan fingerprint density at radius 2 is 1.69 bits per heavy atom. The number of carbonyl (C=O) groups excluding carboxylic acids is 1. The van der Waals surface area contributed by atoms with Gasteiger partial charge in [-0.2, -0.15) is 0 Å². The quantitative estimate of drug-likeness (QED) is 0.336. The minimum atomic E-state index is -4.01. The molecule has 186 valence electrons. The monoisotopic (exact) mass is 514 g/mol. The van der Waals surface area contributed by atoms with Crippen LogP contribution in [0.1, 0.15) is 36.5 Å². The highest BCUT2D eigenvalue weighted by Gasteiger charge is 2.28. The third-order valence-corrected chi connectivity index (χ3v) is 7.77. The Kier molecular flexibility index (Phi) is 9.18. The zero-order chi connectivity index (χ0) is 25.4. The summed E-state index contributed by atoms with van der Waals surface area (Å²) < 4.78 is 33.9. The third-order valence-electron chi connectivity index (χ3n) is 5.58. The van der Waals surface area contributed by atoms with Gasteiger partial charge in [0.1, 0.15) is 12.3 Å². The lowest BCUT2D eigenvalue weighted by molar-refractivity contribution is -0.119. The van der Waals surface area contributed by atoms with Crippen molar-refractivity contribution in [1.29, 1.82) is 0 Å². The summed E-state index contributed by atoms with van der Waals surface area (Å²) in [5, 5.41) is 3.24. The van der Waals surface area contributed by atoms with Crippen LogP contribution in [0.3, 0.4) is 0 Å². The first-order chi connectivity index (χ1) is 16.7. The molecule has 35 heavy (non-hydrogen) atoms. The molecule has 8 heteroatoms. The van der Waals surface area contributed by atoms with Crippen LogP contribution in [0, 0.1) is 13.8 Å². The molecule has 1 amide bonds. The molecule has 0 bridgehead atoms. The Balaban J connectivity index is 1.77. The van der Waals surface area contributed by atoms with E-state index in [-0.39, 0.29) is 18.0 Å². The zero-order valence-electron chi connectivity index (χ0n) is 20.3. The Morgan fingerprint density at radius 3 is 2.34 bits per heavy atom. The van der Waals surface area contributed by atoms with Crippen molar-refractivity contribution >= 4 is 33.2 Å². The Labute approximate surface area is 212 Å². The van der Waals surface area contributed by atoms with E-state index in [9.17, 15) is 13.2 Å². The van der Waals surface area contributed by atoms with E-state index < -0.39 is 15.9 Å². The average molecular weight is 515 g/mol. The summed E-state index contributed by atoms with van der Waals surface area (Å²) in [6.07, 6.45) is 2.06. The van der Waals surface area contributed by atoms with Gasteiger partial charge in [-0.1, -0.05) is 60.8 Å². The van der Waals surface area contributed by atoms with Gasteiger partial charge in [0.15, 0.2) is 0 Å². The Hall–Kier alpha value is -3.03. The number of hydrogen-bond acceptors (Lipinski definition) is 4. The fourth-order valence-electron chi connectivity index (χ4n) is 3.43. The first kappa shape index (κ1) is 26.6. The molecule has 0 fully saturated rings. The van der Waals surface area contributed by atoms with Gasteiger partial charge in [-0.15, -0.1) is 0 Å². The molecule has 0 aliphatic heterocycles. The van der Waals surface area contributed by atoms with Crippen molar-refractivity contribution in [2.45, 2.75) is 45.1 Å². The number of nitrogens with one attached hydrogen (secondary N) is 1. The number of halogens is 1. The van der Waals surface area contributed by atoms with E-state index in [0.29, 0.717) is 22.9 Å². The maximum atomic E-state index is 13.6. The summed E-state index contributed by atoms with van der Waals surface area (Å²) in [6.45, 7) is 6.28. The zero-order valence-corrected chi connectivity index (χ0v) is 21.8. The number of amides is 1. The number of rotatable bonds is 11. The molecular formula is C27H31ClN2O4S. The van der Waals surface area contributed by atoms with Gasteiger partial charge in [-0.25, -0.2) is 8.42 Å². The topological polar surface area (TPSA) is 75.7 Å². The van der Waals surface area contributed by atoms with Crippen LogP contribution >= 0.6 is 11.6 Å². The molecule has 6 nitrogen and oxygen atoms in total. The van der Waals surface area contributed by atoms with E-state index in [0.717, 1.165) is 34.0 Å². The molecule has 0 heterocycles. The first-order valence-corrected chi connectivity index (χ1v) is 13.4. The van der Waals surface area contributed by atoms with Gasteiger partial charge < -0.3 is 10.1 Å². The third kappa shape index (κ3) is 6.99. The summed E-state index contributed by atoms with van der Waals surface area (Å²) in [7, 11) is -4.01. The second-order valence-electron chi connectivity index (χ2n) is 8.33. The van der Waals surface area contributed by atoms with Crippen molar-refractivity contribution in [3.05, 3.63) is 88.4 Å². The summed E-state index contributed by atoms with van der Waals surface area (Å²) in [4.78, 5) is 13.0. The van der Waals surface area contributed by atoms with E-state index >= 15 is 0 Å². The van der Waals surface area contributed by atoms with Gasteiger partial charge in [-0.05, 0) is 67.8 Å². The van der Waals surface area contributed by atoms with Crippen molar-refractivity contribution in [2.75, 3.05) is 17.5 Å². The number of anilines is 1. The molecule has 3 aromatic carbocycles. The normalized spacial score (nSPS) is 11.2. The van der Waals surface area contributed by atoms with Gasteiger partial charge in [0, 0.05) is 11.6 Å². The maximum Gasteiger partial charge on any atom is 0.264 e. The van der Waals surface area contributed by atoms with Gasteiger partial charge >= 0.3 is 0 Å². The molecule has 0 saturated carbocycles.